The molecule has 74 valence electrons. The Bertz CT molecular complexity index is 183. The third-order valence-corrected chi connectivity index (χ3v) is 3.18. The Kier molecular flexibility index (Phi) is 2.83. The van der Waals surface area contributed by atoms with Crippen molar-refractivity contribution in [1.82, 2.24) is 10.6 Å². The van der Waals surface area contributed by atoms with Gasteiger partial charge in [-0.15, -0.1) is 0 Å². The molecule has 3 heteroatoms. The minimum Gasteiger partial charge on any atom is -0.354 e. The van der Waals surface area contributed by atoms with Crippen LogP contribution in [0.5, 0.6) is 0 Å². The molecule has 1 amide bonds. The molecule has 1 aliphatic carbocycles. The maximum atomic E-state index is 11.4. The molecule has 1 aliphatic heterocycles. The lowest BCUT2D eigenvalue weighted by Crippen LogP contribution is -2.53. The van der Waals surface area contributed by atoms with Gasteiger partial charge in [-0.1, -0.05) is 12.8 Å². The molecule has 2 aliphatic rings. The first-order valence-corrected chi connectivity index (χ1v) is 5.37. The van der Waals surface area contributed by atoms with Gasteiger partial charge in [0.25, 0.3) is 0 Å². The Labute approximate surface area is 79.3 Å². The average molecular weight is 182 g/mol. The van der Waals surface area contributed by atoms with Crippen LogP contribution >= 0.6 is 0 Å². The summed E-state index contributed by atoms with van der Waals surface area (Å²) in [5.41, 5.74) is 0. The predicted octanol–water partition coefficient (Wildman–Crippen LogP) is 0.655. The Hall–Kier alpha value is -0.570. The first-order chi connectivity index (χ1) is 6.36. The summed E-state index contributed by atoms with van der Waals surface area (Å²) in [6, 6.07) is 0.112. The zero-order chi connectivity index (χ0) is 9.10. The number of nitrogens with one attached hydrogen (secondary N) is 2. The molecule has 0 aromatic carbocycles. The van der Waals surface area contributed by atoms with Crippen molar-refractivity contribution in [2.24, 2.45) is 5.92 Å². The number of carbonyl (C=O) groups excluding carboxylic acids is 1. The van der Waals surface area contributed by atoms with Crippen molar-refractivity contribution in [2.75, 3.05) is 13.1 Å². The number of carbonyl (C=O) groups is 1. The molecule has 1 unspecified atom stereocenters. The summed E-state index contributed by atoms with van der Waals surface area (Å²) >= 11 is 0. The van der Waals surface area contributed by atoms with Crippen LogP contribution in [0.4, 0.5) is 0 Å². The minimum absolute atomic E-state index is 0.112. The predicted molar refractivity (Wildman–Crippen MR) is 51.4 cm³/mol. The van der Waals surface area contributed by atoms with Crippen LogP contribution < -0.4 is 10.6 Å². The van der Waals surface area contributed by atoms with Gasteiger partial charge in [-0.05, 0) is 31.7 Å². The summed E-state index contributed by atoms with van der Waals surface area (Å²) in [5.74, 6) is 0.960. The number of rotatable bonds is 3. The molecule has 0 spiro atoms. The smallest absolute Gasteiger partial charge is 0.237 e. The van der Waals surface area contributed by atoms with Gasteiger partial charge in [-0.25, -0.2) is 0 Å². The van der Waals surface area contributed by atoms with Gasteiger partial charge < -0.3 is 10.6 Å². The summed E-state index contributed by atoms with van der Waals surface area (Å²) in [6.45, 7) is 1.90. The molecule has 2 rings (SSSR count). The summed E-state index contributed by atoms with van der Waals surface area (Å²) in [4.78, 5) is 11.4. The highest BCUT2D eigenvalue weighted by molar-refractivity contribution is 5.82. The summed E-state index contributed by atoms with van der Waals surface area (Å²) in [5, 5.41) is 6.13. The lowest BCUT2D eigenvalue weighted by atomic mass is 10.1. The Morgan fingerprint density at radius 1 is 1.31 bits per heavy atom. The fraction of sp³-hybridized carbons (Fsp3) is 0.900. The van der Waals surface area contributed by atoms with Crippen LogP contribution in [0, 0.1) is 5.92 Å². The van der Waals surface area contributed by atoms with Gasteiger partial charge in [-0.2, -0.15) is 0 Å². The van der Waals surface area contributed by atoms with Crippen LogP contribution in [0.25, 0.3) is 0 Å². The van der Waals surface area contributed by atoms with Crippen molar-refractivity contribution in [3.63, 3.8) is 0 Å². The van der Waals surface area contributed by atoms with E-state index in [4.69, 9.17) is 0 Å². The number of hydrogen-bond donors (Lipinski definition) is 2. The second-order valence-corrected chi connectivity index (χ2v) is 4.19. The topological polar surface area (TPSA) is 41.1 Å². The van der Waals surface area contributed by atoms with Crippen LogP contribution in [0.1, 0.15) is 32.1 Å². The molecule has 1 saturated heterocycles. The van der Waals surface area contributed by atoms with Crippen molar-refractivity contribution in [2.45, 2.75) is 38.1 Å². The minimum atomic E-state index is 0.112. The maximum Gasteiger partial charge on any atom is 0.237 e. The van der Waals surface area contributed by atoms with Crippen LogP contribution in [-0.2, 0) is 4.79 Å². The highest BCUT2D eigenvalue weighted by atomic mass is 16.2. The van der Waals surface area contributed by atoms with E-state index in [1.807, 2.05) is 0 Å². The molecule has 0 bridgehead atoms. The molecule has 3 nitrogen and oxygen atoms in total. The fourth-order valence-electron chi connectivity index (χ4n) is 2.10. The Morgan fingerprint density at radius 2 is 2.00 bits per heavy atom. The van der Waals surface area contributed by atoms with Gasteiger partial charge in [0.1, 0.15) is 0 Å². The molecule has 2 fully saturated rings. The number of amides is 1. The van der Waals surface area contributed by atoms with Gasteiger partial charge in [0.15, 0.2) is 0 Å². The number of hydrogen-bond acceptors (Lipinski definition) is 2. The molecule has 13 heavy (non-hydrogen) atoms. The molecular formula is C10H18N2O. The Balaban J connectivity index is 1.63. The molecule has 0 aromatic heterocycles. The second kappa shape index (κ2) is 4.09. The first-order valence-electron chi connectivity index (χ1n) is 5.37. The van der Waals surface area contributed by atoms with E-state index in [1.54, 1.807) is 0 Å². The van der Waals surface area contributed by atoms with E-state index in [0.29, 0.717) is 0 Å². The van der Waals surface area contributed by atoms with E-state index in [0.717, 1.165) is 25.4 Å². The van der Waals surface area contributed by atoms with Crippen molar-refractivity contribution in [3.05, 3.63) is 0 Å². The average Bonchev–Trinajstić information content (AvgIpc) is 2.49. The van der Waals surface area contributed by atoms with Crippen molar-refractivity contribution in [3.8, 4) is 0 Å². The Morgan fingerprint density at radius 3 is 2.54 bits per heavy atom. The van der Waals surface area contributed by atoms with Crippen LogP contribution in [0.3, 0.4) is 0 Å². The van der Waals surface area contributed by atoms with E-state index < -0.39 is 0 Å². The largest absolute Gasteiger partial charge is 0.354 e. The van der Waals surface area contributed by atoms with Gasteiger partial charge in [0.2, 0.25) is 5.91 Å². The maximum absolute atomic E-state index is 11.4. The quantitative estimate of drug-likeness (QED) is 0.673. The SMILES string of the molecule is O=C(NCC1CCCC1)C1CCN1. The molecule has 1 heterocycles. The lowest BCUT2D eigenvalue weighted by molar-refractivity contribution is -0.124. The van der Waals surface area contributed by atoms with Crippen molar-refractivity contribution >= 4 is 5.91 Å². The third-order valence-electron chi connectivity index (χ3n) is 3.18. The summed E-state index contributed by atoms with van der Waals surface area (Å²) < 4.78 is 0. The lowest BCUT2D eigenvalue weighted by Gasteiger charge is -2.26. The van der Waals surface area contributed by atoms with Gasteiger partial charge >= 0.3 is 0 Å². The molecule has 1 saturated carbocycles. The van der Waals surface area contributed by atoms with E-state index >= 15 is 0 Å². The summed E-state index contributed by atoms with van der Waals surface area (Å²) in [6.07, 6.45) is 6.32. The van der Waals surface area contributed by atoms with Crippen LogP contribution in [-0.4, -0.2) is 25.0 Å². The van der Waals surface area contributed by atoms with Crippen molar-refractivity contribution in [1.29, 1.82) is 0 Å². The molecule has 2 N–H and O–H groups in total. The van der Waals surface area contributed by atoms with E-state index in [1.165, 1.54) is 25.7 Å². The zero-order valence-electron chi connectivity index (χ0n) is 8.01. The van der Waals surface area contributed by atoms with Gasteiger partial charge in [-0.3, -0.25) is 4.79 Å². The highest BCUT2D eigenvalue weighted by Crippen LogP contribution is 2.23. The monoisotopic (exact) mass is 182 g/mol. The molecular weight excluding hydrogens is 164 g/mol. The standard InChI is InChI=1S/C10H18N2O/c13-10(9-5-6-11-9)12-7-8-3-1-2-4-8/h8-9,11H,1-7H2,(H,12,13). The van der Waals surface area contributed by atoms with Gasteiger partial charge in [0, 0.05) is 6.54 Å². The highest BCUT2D eigenvalue weighted by Gasteiger charge is 2.25. The zero-order valence-corrected chi connectivity index (χ0v) is 8.01. The van der Waals surface area contributed by atoms with Crippen LogP contribution in [0.15, 0.2) is 0 Å². The molecule has 0 radical (unpaired) electrons. The normalized spacial score (nSPS) is 28.5. The van der Waals surface area contributed by atoms with Crippen LogP contribution in [0.2, 0.25) is 0 Å². The van der Waals surface area contributed by atoms with E-state index in [-0.39, 0.29) is 11.9 Å². The summed E-state index contributed by atoms with van der Waals surface area (Å²) in [7, 11) is 0. The van der Waals surface area contributed by atoms with E-state index in [9.17, 15) is 4.79 Å². The third kappa shape index (κ3) is 2.21. The second-order valence-electron chi connectivity index (χ2n) is 4.19. The molecule has 0 aromatic rings. The fourth-order valence-corrected chi connectivity index (χ4v) is 2.10. The van der Waals surface area contributed by atoms with E-state index in [2.05, 4.69) is 10.6 Å². The van der Waals surface area contributed by atoms with Gasteiger partial charge in [0.05, 0.1) is 6.04 Å². The first kappa shape index (κ1) is 9.00. The van der Waals surface area contributed by atoms with Crippen molar-refractivity contribution < 1.29 is 4.79 Å². The molecule has 1 atom stereocenters.